The second-order valence-electron chi connectivity index (χ2n) is 9.92. The molecule has 0 radical (unpaired) electrons. The normalized spacial score (nSPS) is 44.6. The van der Waals surface area contributed by atoms with Gasteiger partial charge in [-0.25, -0.2) is 0 Å². The lowest BCUT2D eigenvalue weighted by Gasteiger charge is -2.56. The maximum atomic E-state index is 13.3. The first-order valence-corrected chi connectivity index (χ1v) is 10.7. The third kappa shape index (κ3) is 2.93. The first-order valence-electron chi connectivity index (χ1n) is 10.7. The summed E-state index contributed by atoms with van der Waals surface area (Å²) in [5.41, 5.74) is 1.09. The predicted molar refractivity (Wildman–Crippen MR) is 103 cm³/mol. The van der Waals surface area contributed by atoms with Gasteiger partial charge < -0.3 is 9.47 Å². The lowest BCUT2D eigenvalue weighted by molar-refractivity contribution is -0.158. The molecule has 0 spiro atoms. The average molecular weight is 389 g/mol. The molecule has 3 fully saturated rings. The van der Waals surface area contributed by atoms with Gasteiger partial charge >= 0.3 is 11.9 Å². The van der Waals surface area contributed by atoms with E-state index in [9.17, 15) is 14.4 Å². The third-order valence-electron chi connectivity index (χ3n) is 8.45. The number of esters is 2. The van der Waals surface area contributed by atoms with Gasteiger partial charge in [-0.2, -0.15) is 0 Å². The van der Waals surface area contributed by atoms with Gasteiger partial charge in [0.15, 0.2) is 5.78 Å². The van der Waals surface area contributed by atoms with E-state index in [0.717, 1.165) is 38.5 Å². The average Bonchev–Trinajstić information content (AvgIpc) is 2.92. The van der Waals surface area contributed by atoms with Gasteiger partial charge in [0.2, 0.25) is 0 Å². The molecule has 5 nitrogen and oxygen atoms in total. The number of hydrogen-bond acceptors (Lipinski definition) is 5. The fourth-order valence-corrected chi connectivity index (χ4v) is 7.05. The van der Waals surface area contributed by atoms with Gasteiger partial charge in [-0.15, -0.1) is 0 Å². The van der Waals surface area contributed by atoms with Crippen LogP contribution in [0.3, 0.4) is 0 Å². The van der Waals surface area contributed by atoms with Gasteiger partial charge in [-0.05, 0) is 61.9 Å². The zero-order chi connectivity index (χ0) is 20.3. The maximum Gasteiger partial charge on any atom is 0.302 e. The zero-order valence-corrected chi connectivity index (χ0v) is 17.5. The molecule has 4 rings (SSSR count). The van der Waals surface area contributed by atoms with Crippen LogP contribution in [0.5, 0.6) is 0 Å². The van der Waals surface area contributed by atoms with E-state index in [-0.39, 0.29) is 52.6 Å². The monoisotopic (exact) mass is 388 g/mol. The molecule has 0 aromatic carbocycles. The first kappa shape index (κ1) is 19.7. The van der Waals surface area contributed by atoms with Crippen LogP contribution in [-0.4, -0.2) is 29.9 Å². The molecule has 4 aliphatic rings. The minimum atomic E-state index is -0.245. The lowest BCUT2D eigenvalue weighted by Crippen LogP contribution is -2.54. The highest BCUT2D eigenvalue weighted by Crippen LogP contribution is 2.64. The quantitative estimate of drug-likeness (QED) is 0.669. The molecule has 0 aromatic heterocycles. The van der Waals surface area contributed by atoms with Crippen molar-refractivity contribution in [2.45, 2.75) is 84.8 Å². The minimum absolute atomic E-state index is 0.01000. The van der Waals surface area contributed by atoms with Crippen molar-refractivity contribution >= 4 is 17.7 Å². The number of hydrogen-bond donors (Lipinski definition) is 0. The second-order valence-corrected chi connectivity index (χ2v) is 9.92. The molecule has 4 aliphatic carbocycles. The third-order valence-corrected chi connectivity index (χ3v) is 8.45. The number of rotatable bonds is 2. The molecular weight excluding hydrogens is 356 g/mol. The van der Waals surface area contributed by atoms with Gasteiger partial charge in [-0.3, -0.25) is 14.4 Å². The van der Waals surface area contributed by atoms with E-state index in [2.05, 4.69) is 13.8 Å². The van der Waals surface area contributed by atoms with Gasteiger partial charge in [0.05, 0.1) is 0 Å². The van der Waals surface area contributed by atoms with Crippen LogP contribution in [0.2, 0.25) is 0 Å². The molecule has 5 heteroatoms. The summed E-state index contributed by atoms with van der Waals surface area (Å²) in [5, 5.41) is 0. The van der Waals surface area contributed by atoms with Crippen LogP contribution in [0.4, 0.5) is 0 Å². The molecule has 3 saturated carbocycles. The topological polar surface area (TPSA) is 69.7 Å². The summed E-state index contributed by atoms with van der Waals surface area (Å²) in [6.07, 6.45) is 8.02. The summed E-state index contributed by atoms with van der Waals surface area (Å²) in [6.45, 7) is 7.46. The molecular formula is C23H32O5. The van der Waals surface area contributed by atoms with Crippen molar-refractivity contribution in [3.8, 4) is 0 Å². The van der Waals surface area contributed by atoms with Crippen LogP contribution in [0.1, 0.15) is 72.6 Å². The molecule has 0 unspecified atom stereocenters. The van der Waals surface area contributed by atoms with Crippen molar-refractivity contribution in [3.63, 3.8) is 0 Å². The van der Waals surface area contributed by atoms with E-state index in [4.69, 9.17) is 9.47 Å². The Balaban J connectivity index is 1.62. The van der Waals surface area contributed by atoms with E-state index in [0.29, 0.717) is 12.3 Å². The van der Waals surface area contributed by atoms with Crippen LogP contribution < -0.4 is 0 Å². The molecule has 154 valence electrons. The summed E-state index contributed by atoms with van der Waals surface area (Å²) in [4.78, 5) is 36.2. The summed E-state index contributed by atoms with van der Waals surface area (Å²) < 4.78 is 11.1. The Morgan fingerprint density at radius 3 is 2.36 bits per heavy atom. The Morgan fingerprint density at radius 2 is 1.68 bits per heavy atom. The Kier molecular flexibility index (Phi) is 4.71. The Hall–Kier alpha value is -1.65. The summed E-state index contributed by atoms with van der Waals surface area (Å²) in [6, 6.07) is 0. The van der Waals surface area contributed by atoms with Gasteiger partial charge in [0.1, 0.15) is 12.2 Å². The van der Waals surface area contributed by atoms with Crippen molar-refractivity contribution in [3.05, 3.63) is 11.6 Å². The van der Waals surface area contributed by atoms with Crippen molar-refractivity contribution in [1.29, 1.82) is 0 Å². The Bertz CT molecular complexity index is 739. The summed E-state index contributed by atoms with van der Waals surface area (Å²) in [7, 11) is 0. The standard InChI is InChI=1S/C23H32O5/c1-13(24)27-16-7-9-22(3)15(11-16)12-19(26)21-17-5-6-20(28-14(2)25)23(17,4)10-8-18(21)22/h12,16-18,20-21H,5-11H2,1-4H3/t16-,17+,18-,20+,21-,22+,23+/m1/s1. The van der Waals surface area contributed by atoms with Gasteiger partial charge in [0, 0.05) is 31.6 Å². The molecule has 0 aliphatic heterocycles. The van der Waals surface area contributed by atoms with Crippen LogP contribution in [0.15, 0.2) is 11.6 Å². The second kappa shape index (κ2) is 6.70. The van der Waals surface area contributed by atoms with E-state index >= 15 is 0 Å². The van der Waals surface area contributed by atoms with Crippen LogP contribution in [-0.2, 0) is 23.9 Å². The molecule has 0 heterocycles. The van der Waals surface area contributed by atoms with Crippen molar-refractivity contribution < 1.29 is 23.9 Å². The van der Waals surface area contributed by atoms with E-state index < -0.39 is 0 Å². The number of carbonyl (C=O) groups is 3. The lowest BCUT2D eigenvalue weighted by atomic mass is 9.47. The first-order chi connectivity index (χ1) is 13.1. The van der Waals surface area contributed by atoms with E-state index in [1.807, 2.05) is 6.08 Å². The Morgan fingerprint density at radius 1 is 0.964 bits per heavy atom. The minimum Gasteiger partial charge on any atom is -0.462 e. The van der Waals surface area contributed by atoms with Crippen LogP contribution >= 0.6 is 0 Å². The van der Waals surface area contributed by atoms with Crippen molar-refractivity contribution in [2.75, 3.05) is 0 Å². The molecule has 0 saturated heterocycles. The molecule has 0 N–H and O–H groups in total. The number of carbonyl (C=O) groups excluding carboxylic acids is 3. The summed E-state index contributed by atoms with van der Waals surface area (Å²) >= 11 is 0. The Labute approximate surface area is 167 Å². The largest absolute Gasteiger partial charge is 0.462 e. The molecule has 7 atom stereocenters. The fraction of sp³-hybridized carbons (Fsp3) is 0.783. The predicted octanol–water partition coefficient (Wildman–Crippen LogP) is 3.99. The maximum absolute atomic E-state index is 13.3. The van der Waals surface area contributed by atoms with E-state index in [1.54, 1.807) is 0 Å². The highest BCUT2D eigenvalue weighted by atomic mass is 16.5. The molecule has 0 amide bonds. The fourth-order valence-electron chi connectivity index (χ4n) is 7.05. The summed E-state index contributed by atoms with van der Waals surface area (Å²) in [5.74, 6) is 0.419. The molecule has 0 bridgehead atoms. The number of allylic oxidation sites excluding steroid dienone is 1. The zero-order valence-electron chi connectivity index (χ0n) is 17.5. The molecule has 28 heavy (non-hydrogen) atoms. The van der Waals surface area contributed by atoms with Crippen LogP contribution in [0.25, 0.3) is 0 Å². The van der Waals surface area contributed by atoms with E-state index in [1.165, 1.54) is 19.4 Å². The molecule has 0 aromatic rings. The number of ether oxygens (including phenoxy) is 2. The number of ketones is 1. The smallest absolute Gasteiger partial charge is 0.302 e. The van der Waals surface area contributed by atoms with Gasteiger partial charge in [0.25, 0.3) is 0 Å². The highest BCUT2D eigenvalue weighted by Gasteiger charge is 2.61. The van der Waals surface area contributed by atoms with Crippen molar-refractivity contribution in [2.24, 2.45) is 28.6 Å². The highest BCUT2D eigenvalue weighted by molar-refractivity contribution is 5.94. The SMILES string of the molecule is CC(=O)O[C@@H]1CC[C@@]2(C)C(=CC(=O)[C@H]3[C@H]2CC[C@]2(C)[C@@H](OC(C)=O)CC[C@@H]32)C1. The number of fused-ring (bicyclic) bond motifs is 5. The van der Waals surface area contributed by atoms with Crippen LogP contribution in [0, 0.1) is 28.6 Å². The van der Waals surface area contributed by atoms with Gasteiger partial charge in [-0.1, -0.05) is 19.4 Å². The van der Waals surface area contributed by atoms with Crippen molar-refractivity contribution in [1.82, 2.24) is 0 Å².